The Kier molecular flexibility index (Phi) is 9.78. The maximum Gasteiger partial charge on any atom is 0.416 e. The number of anilines is 1. The van der Waals surface area contributed by atoms with Gasteiger partial charge in [-0.05, 0) is 48.7 Å². The van der Waals surface area contributed by atoms with E-state index in [0.717, 1.165) is 18.4 Å². The highest BCUT2D eigenvalue weighted by molar-refractivity contribution is 7.92. The molecule has 36 heavy (non-hydrogen) atoms. The summed E-state index contributed by atoms with van der Waals surface area (Å²) in [4.78, 5) is 27.3. The van der Waals surface area contributed by atoms with E-state index < -0.39 is 46.2 Å². The Labute approximate surface area is 214 Å². The van der Waals surface area contributed by atoms with Crippen LogP contribution in [-0.2, 0) is 32.3 Å². The molecule has 0 aromatic heterocycles. The SMILES string of the molecule is CC(C)CNC(=O)[C@H](C)N(Cc1ccc(Cl)cc1)C(=O)CN(c1cccc(C(F)(F)F)c1)S(C)(=O)=O. The summed E-state index contributed by atoms with van der Waals surface area (Å²) in [5.74, 6) is -1.06. The van der Waals surface area contributed by atoms with E-state index in [2.05, 4.69) is 5.32 Å². The van der Waals surface area contributed by atoms with Crippen LogP contribution in [-0.4, -0.2) is 50.5 Å². The van der Waals surface area contributed by atoms with Crippen molar-refractivity contribution < 1.29 is 31.2 Å². The quantitative estimate of drug-likeness (QED) is 0.480. The zero-order chi connectivity index (χ0) is 27.3. The summed E-state index contributed by atoms with van der Waals surface area (Å²) in [6, 6.07) is 9.24. The normalized spacial score (nSPS) is 12.8. The minimum Gasteiger partial charge on any atom is -0.354 e. The number of nitrogens with zero attached hydrogens (tertiary/aromatic N) is 2. The maximum absolute atomic E-state index is 13.4. The molecular weight excluding hydrogens is 519 g/mol. The lowest BCUT2D eigenvalue weighted by Gasteiger charge is -2.31. The van der Waals surface area contributed by atoms with Gasteiger partial charge in [0.25, 0.3) is 0 Å². The van der Waals surface area contributed by atoms with E-state index in [1.165, 1.54) is 17.9 Å². The number of sulfonamides is 1. The van der Waals surface area contributed by atoms with Crippen LogP contribution in [0.1, 0.15) is 31.9 Å². The summed E-state index contributed by atoms with van der Waals surface area (Å²) in [5, 5.41) is 3.21. The van der Waals surface area contributed by atoms with Crippen LogP contribution in [0.15, 0.2) is 48.5 Å². The van der Waals surface area contributed by atoms with Gasteiger partial charge >= 0.3 is 6.18 Å². The lowest BCUT2D eigenvalue weighted by atomic mass is 10.1. The van der Waals surface area contributed by atoms with Crippen LogP contribution in [0.4, 0.5) is 18.9 Å². The average Bonchev–Trinajstić information content (AvgIpc) is 2.78. The zero-order valence-corrected chi connectivity index (χ0v) is 21.9. The zero-order valence-electron chi connectivity index (χ0n) is 20.3. The number of halogens is 4. The molecule has 2 aromatic carbocycles. The second-order valence-corrected chi connectivity index (χ2v) is 11.1. The van der Waals surface area contributed by atoms with E-state index >= 15 is 0 Å². The number of carbonyl (C=O) groups excluding carboxylic acids is 2. The molecule has 0 bridgehead atoms. The summed E-state index contributed by atoms with van der Waals surface area (Å²) in [5.41, 5.74) is -0.745. The van der Waals surface area contributed by atoms with Crippen molar-refractivity contribution in [1.82, 2.24) is 10.2 Å². The highest BCUT2D eigenvalue weighted by atomic mass is 35.5. The van der Waals surface area contributed by atoms with Crippen molar-refractivity contribution >= 4 is 39.1 Å². The molecule has 0 fully saturated rings. The third-order valence-corrected chi connectivity index (χ3v) is 6.65. The van der Waals surface area contributed by atoms with Gasteiger partial charge in [-0.15, -0.1) is 0 Å². The fourth-order valence-electron chi connectivity index (χ4n) is 3.27. The first-order valence-electron chi connectivity index (χ1n) is 11.1. The molecule has 7 nitrogen and oxygen atoms in total. The van der Waals surface area contributed by atoms with E-state index in [0.29, 0.717) is 27.5 Å². The van der Waals surface area contributed by atoms with Crippen LogP contribution < -0.4 is 9.62 Å². The topological polar surface area (TPSA) is 86.8 Å². The lowest BCUT2D eigenvalue weighted by Crippen LogP contribution is -2.51. The molecular formula is C24H29ClF3N3O4S. The Balaban J connectivity index is 2.41. The first kappa shape index (κ1) is 29.4. The van der Waals surface area contributed by atoms with Crippen molar-refractivity contribution in [3.8, 4) is 0 Å². The van der Waals surface area contributed by atoms with Gasteiger partial charge in [0, 0.05) is 18.1 Å². The number of rotatable bonds is 10. The number of hydrogen-bond acceptors (Lipinski definition) is 4. The molecule has 2 aromatic rings. The molecule has 12 heteroatoms. The molecule has 198 valence electrons. The third kappa shape index (κ3) is 8.41. The number of nitrogens with one attached hydrogen (secondary N) is 1. The molecule has 0 aliphatic carbocycles. The van der Waals surface area contributed by atoms with E-state index in [1.807, 2.05) is 13.8 Å². The van der Waals surface area contributed by atoms with Gasteiger partial charge in [0.1, 0.15) is 12.6 Å². The van der Waals surface area contributed by atoms with Crippen molar-refractivity contribution in [2.75, 3.05) is 23.7 Å². The first-order chi connectivity index (χ1) is 16.6. The van der Waals surface area contributed by atoms with Crippen LogP contribution in [0.3, 0.4) is 0 Å². The molecule has 0 radical (unpaired) electrons. The van der Waals surface area contributed by atoms with Crippen molar-refractivity contribution in [2.24, 2.45) is 5.92 Å². The maximum atomic E-state index is 13.4. The summed E-state index contributed by atoms with van der Waals surface area (Å²) in [6.07, 6.45) is -3.91. The van der Waals surface area contributed by atoms with Crippen molar-refractivity contribution in [3.63, 3.8) is 0 Å². The number of alkyl halides is 3. The molecule has 0 aliphatic heterocycles. The van der Waals surface area contributed by atoms with Gasteiger partial charge in [-0.1, -0.05) is 43.6 Å². The molecule has 0 aliphatic rings. The number of benzene rings is 2. The molecule has 1 N–H and O–H groups in total. The van der Waals surface area contributed by atoms with E-state index in [9.17, 15) is 31.2 Å². The fourth-order valence-corrected chi connectivity index (χ4v) is 4.24. The van der Waals surface area contributed by atoms with Gasteiger partial charge < -0.3 is 10.2 Å². The van der Waals surface area contributed by atoms with Crippen LogP contribution in [0, 0.1) is 5.92 Å². The number of carbonyl (C=O) groups is 2. The molecule has 2 amide bonds. The van der Waals surface area contributed by atoms with Gasteiger partial charge in [0.15, 0.2) is 0 Å². The van der Waals surface area contributed by atoms with Crippen molar-refractivity contribution in [2.45, 2.75) is 39.5 Å². The summed E-state index contributed by atoms with van der Waals surface area (Å²) in [6.45, 7) is 4.83. The highest BCUT2D eigenvalue weighted by Gasteiger charge is 2.33. The highest BCUT2D eigenvalue weighted by Crippen LogP contribution is 2.32. The molecule has 0 heterocycles. The van der Waals surface area contributed by atoms with Gasteiger partial charge in [-0.3, -0.25) is 13.9 Å². The average molecular weight is 548 g/mol. The summed E-state index contributed by atoms with van der Waals surface area (Å²) in [7, 11) is -4.15. The van der Waals surface area contributed by atoms with E-state index in [-0.39, 0.29) is 18.2 Å². The van der Waals surface area contributed by atoms with Crippen LogP contribution in [0.2, 0.25) is 5.02 Å². The summed E-state index contributed by atoms with van der Waals surface area (Å²) < 4.78 is 65.3. The predicted octanol–water partition coefficient (Wildman–Crippen LogP) is 4.31. The van der Waals surface area contributed by atoms with Gasteiger partial charge in [0.05, 0.1) is 17.5 Å². The van der Waals surface area contributed by atoms with Gasteiger partial charge in [-0.25, -0.2) is 8.42 Å². The van der Waals surface area contributed by atoms with Gasteiger partial charge in [0.2, 0.25) is 21.8 Å². The lowest BCUT2D eigenvalue weighted by molar-refractivity contribution is -0.139. The second-order valence-electron chi connectivity index (χ2n) is 8.78. The minimum atomic E-state index is -4.70. The van der Waals surface area contributed by atoms with Gasteiger partial charge in [-0.2, -0.15) is 13.2 Å². The monoisotopic (exact) mass is 547 g/mol. The predicted molar refractivity (Wildman–Crippen MR) is 133 cm³/mol. The van der Waals surface area contributed by atoms with Crippen molar-refractivity contribution in [3.05, 3.63) is 64.7 Å². The Morgan fingerprint density at radius 1 is 1.06 bits per heavy atom. The molecule has 0 unspecified atom stereocenters. The molecule has 2 rings (SSSR count). The summed E-state index contributed by atoms with van der Waals surface area (Å²) >= 11 is 5.93. The number of hydrogen-bond donors (Lipinski definition) is 1. The Bertz CT molecular complexity index is 1170. The molecule has 1 atom stereocenters. The van der Waals surface area contributed by atoms with Crippen molar-refractivity contribution in [1.29, 1.82) is 0 Å². The first-order valence-corrected chi connectivity index (χ1v) is 13.3. The molecule has 0 saturated carbocycles. The standard InChI is InChI=1S/C24H29ClF3N3O4S/c1-16(2)13-29-23(33)17(3)30(14-18-8-10-20(25)11-9-18)22(32)15-31(36(4,34)35)21-7-5-6-19(12-21)24(26,27)28/h5-12,16-17H,13-15H2,1-4H3,(H,29,33)/t17-/m0/s1. The van der Waals surface area contributed by atoms with E-state index in [1.54, 1.807) is 24.3 Å². The number of amides is 2. The smallest absolute Gasteiger partial charge is 0.354 e. The Morgan fingerprint density at radius 2 is 1.67 bits per heavy atom. The fraction of sp³-hybridized carbons (Fsp3) is 0.417. The van der Waals surface area contributed by atoms with Crippen LogP contribution in [0.25, 0.3) is 0 Å². The Hall–Kier alpha value is -2.79. The molecule has 0 spiro atoms. The third-order valence-electron chi connectivity index (χ3n) is 5.26. The molecule has 0 saturated heterocycles. The van der Waals surface area contributed by atoms with E-state index in [4.69, 9.17) is 11.6 Å². The minimum absolute atomic E-state index is 0.0491. The Morgan fingerprint density at radius 3 is 2.19 bits per heavy atom. The second kappa shape index (κ2) is 12.0. The van der Waals surface area contributed by atoms with Crippen LogP contribution in [0.5, 0.6) is 0 Å². The largest absolute Gasteiger partial charge is 0.416 e. The van der Waals surface area contributed by atoms with Crippen LogP contribution >= 0.6 is 11.6 Å².